The van der Waals surface area contributed by atoms with Gasteiger partial charge in [-0.1, -0.05) is 24.3 Å². The van der Waals surface area contributed by atoms with Crippen molar-refractivity contribution in [3.05, 3.63) is 42.0 Å². The fourth-order valence-electron chi connectivity index (χ4n) is 1.28. The van der Waals surface area contributed by atoms with Crippen molar-refractivity contribution in [3.63, 3.8) is 0 Å². The van der Waals surface area contributed by atoms with Crippen molar-refractivity contribution in [1.29, 1.82) is 0 Å². The molecule has 0 saturated carbocycles. The summed E-state index contributed by atoms with van der Waals surface area (Å²) in [6, 6.07) is 8.54. The molecule has 0 aliphatic carbocycles. The molecule has 1 atom stereocenters. The maximum Gasteiger partial charge on any atom is 0.120 e. The molecular weight excluding hydrogens is 186 g/mol. The van der Waals surface area contributed by atoms with Crippen LogP contribution in [-0.4, -0.2) is 13.7 Å². The van der Waals surface area contributed by atoms with Gasteiger partial charge in [-0.2, -0.15) is 0 Å². The Morgan fingerprint density at radius 2 is 2.27 bits per heavy atom. The maximum atomic E-state index is 5.57. The molecule has 2 nitrogen and oxygen atoms in total. The highest BCUT2D eigenvalue weighted by atomic mass is 16.5. The quantitative estimate of drug-likeness (QED) is 0.746. The predicted molar refractivity (Wildman–Crippen MR) is 64.2 cm³/mol. The zero-order valence-corrected chi connectivity index (χ0v) is 9.66. The molecule has 0 bridgehead atoms. The summed E-state index contributed by atoms with van der Waals surface area (Å²) in [5.74, 6) is 0.924. The Labute approximate surface area is 92.0 Å². The van der Waals surface area contributed by atoms with Crippen LogP contribution in [0.15, 0.2) is 36.4 Å². The smallest absolute Gasteiger partial charge is 0.120 e. The molecule has 0 radical (unpaired) electrons. The van der Waals surface area contributed by atoms with Gasteiger partial charge in [0.15, 0.2) is 0 Å². The number of benzene rings is 1. The fraction of sp³-hybridized carbons (Fsp3) is 0.385. The van der Waals surface area contributed by atoms with Gasteiger partial charge in [-0.15, -0.1) is 0 Å². The van der Waals surface area contributed by atoms with E-state index in [0.29, 0.717) is 12.6 Å². The molecule has 0 amide bonds. The molecule has 1 aromatic carbocycles. The monoisotopic (exact) mass is 205 g/mol. The number of nitrogens with one attached hydrogen (secondary N) is 1. The van der Waals surface area contributed by atoms with Crippen LogP contribution in [0.4, 0.5) is 0 Å². The van der Waals surface area contributed by atoms with Crippen molar-refractivity contribution >= 4 is 0 Å². The highest BCUT2D eigenvalue weighted by Crippen LogP contribution is 2.18. The van der Waals surface area contributed by atoms with E-state index in [4.69, 9.17) is 4.74 Å². The Hall–Kier alpha value is -1.28. The average Bonchev–Trinajstić information content (AvgIpc) is 2.29. The van der Waals surface area contributed by atoms with Crippen LogP contribution < -0.4 is 10.1 Å². The van der Waals surface area contributed by atoms with Gasteiger partial charge >= 0.3 is 0 Å². The lowest BCUT2D eigenvalue weighted by Crippen LogP contribution is -2.12. The van der Waals surface area contributed by atoms with E-state index >= 15 is 0 Å². The van der Waals surface area contributed by atoms with Gasteiger partial charge in [0.25, 0.3) is 0 Å². The van der Waals surface area contributed by atoms with E-state index in [2.05, 4.69) is 24.4 Å². The lowest BCUT2D eigenvalue weighted by atomic mass is 10.1. The van der Waals surface area contributed by atoms with Gasteiger partial charge in [-0.05, 0) is 38.6 Å². The third-order valence-electron chi connectivity index (χ3n) is 2.37. The Balaban J connectivity index is 2.65. The lowest BCUT2D eigenvalue weighted by molar-refractivity contribution is 0.362. The normalized spacial score (nSPS) is 13.0. The van der Waals surface area contributed by atoms with Crippen molar-refractivity contribution < 1.29 is 4.74 Å². The van der Waals surface area contributed by atoms with Crippen LogP contribution >= 0.6 is 0 Å². The van der Waals surface area contributed by atoms with Gasteiger partial charge in [-0.25, -0.2) is 0 Å². The first-order valence-electron chi connectivity index (χ1n) is 5.29. The van der Waals surface area contributed by atoms with Crippen LogP contribution in [0.5, 0.6) is 5.75 Å². The van der Waals surface area contributed by atoms with E-state index in [1.165, 1.54) is 5.56 Å². The second kappa shape index (κ2) is 6.25. The summed E-state index contributed by atoms with van der Waals surface area (Å²) < 4.78 is 5.57. The Bertz CT molecular complexity index is 320. The largest absolute Gasteiger partial charge is 0.490 e. The van der Waals surface area contributed by atoms with Crippen LogP contribution in [0, 0.1) is 0 Å². The van der Waals surface area contributed by atoms with Crippen molar-refractivity contribution in [1.82, 2.24) is 5.32 Å². The SMILES string of the molecule is C/C=C/COc1cccc(C(C)NC)c1. The summed E-state index contributed by atoms with van der Waals surface area (Å²) in [6.07, 6.45) is 3.98. The zero-order valence-electron chi connectivity index (χ0n) is 9.66. The zero-order chi connectivity index (χ0) is 11.1. The topological polar surface area (TPSA) is 21.3 Å². The standard InChI is InChI=1S/C13H19NO/c1-4-5-9-15-13-8-6-7-12(10-13)11(2)14-3/h4-8,10-11,14H,9H2,1-3H3/b5-4+. The van der Waals surface area contributed by atoms with E-state index in [0.717, 1.165) is 5.75 Å². The number of rotatable bonds is 5. The molecule has 0 saturated heterocycles. The minimum absolute atomic E-state index is 0.357. The van der Waals surface area contributed by atoms with Crippen LogP contribution in [0.2, 0.25) is 0 Å². The fourth-order valence-corrected chi connectivity index (χ4v) is 1.28. The molecule has 1 rings (SSSR count). The summed E-state index contributed by atoms with van der Waals surface area (Å²) in [7, 11) is 1.96. The molecular formula is C13H19NO. The van der Waals surface area contributed by atoms with Crippen molar-refractivity contribution in [3.8, 4) is 5.75 Å². The molecule has 0 aromatic heterocycles. The van der Waals surface area contributed by atoms with Crippen molar-refractivity contribution in [2.24, 2.45) is 0 Å². The van der Waals surface area contributed by atoms with E-state index in [1.807, 2.05) is 38.3 Å². The summed E-state index contributed by atoms with van der Waals surface area (Å²) in [4.78, 5) is 0. The molecule has 0 aliphatic rings. The first-order chi connectivity index (χ1) is 7.27. The molecule has 0 heterocycles. The Morgan fingerprint density at radius 1 is 1.47 bits per heavy atom. The number of hydrogen-bond donors (Lipinski definition) is 1. The third-order valence-corrected chi connectivity index (χ3v) is 2.37. The van der Waals surface area contributed by atoms with Gasteiger partial charge < -0.3 is 10.1 Å². The van der Waals surface area contributed by atoms with Crippen LogP contribution in [0.1, 0.15) is 25.5 Å². The van der Waals surface area contributed by atoms with E-state index in [1.54, 1.807) is 0 Å². The Morgan fingerprint density at radius 3 is 2.93 bits per heavy atom. The van der Waals surface area contributed by atoms with Gasteiger partial charge in [0.2, 0.25) is 0 Å². The van der Waals surface area contributed by atoms with E-state index in [-0.39, 0.29) is 0 Å². The maximum absolute atomic E-state index is 5.57. The van der Waals surface area contributed by atoms with Gasteiger partial charge in [0, 0.05) is 6.04 Å². The Kier molecular flexibility index (Phi) is 4.91. The minimum Gasteiger partial charge on any atom is -0.490 e. The lowest BCUT2D eigenvalue weighted by Gasteiger charge is -2.12. The molecule has 0 aliphatic heterocycles. The van der Waals surface area contributed by atoms with Crippen LogP contribution in [0.25, 0.3) is 0 Å². The van der Waals surface area contributed by atoms with Crippen LogP contribution in [-0.2, 0) is 0 Å². The molecule has 0 spiro atoms. The molecule has 1 N–H and O–H groups in total. The number of ether oxygens (including phenoxy) is 1. The first-order valence-corrected chi connectivity index (χ1v) is 5.29. The van der Waals surface area contributed by atoms with E-state index in [9.17, 15) is 0 Å². The summed E-state index contributed by atoms with van der Waals surface area (Å²) in [6.45, 7) is 4.75. The molecule has 2 heteroatoms. The van der Waals surface area contributed by atoms with Gasteiger partial charge in [0.05, 0.1) is 0 Å². The summed E-state index contributed by atoms with van der Waals surface area (Å²) in [5.41, 5.74) is 1.25. The molecule has 82 valence electrons. The van der Waals surface area contributed by atoms with Crippen LogP contribution in [0.3, 0.4) is 0 Å². The molecule has 1 unspecified atom stereocenters. The molecule has 0 fully saturated rings. The highest BCUT2D eigenvalue weighted by Gasteiger charge is 2.02. The van der Waals surface area contributed by atoms with E-state index < -0.39 is 0 Å². The van der Waals surface area contributed by atoms with Gasteiger partial charge in [-0.3, -0.25) is 0 Å². The highest BCUT2D eigenvalue weighted by molar-refractivity contribution is 5.30. The number of hydrogen-bond acceptors (Lipinski definition) is 2. The molecule has 15 heavy (non-hydrogen) atoms. The van der Waals surface area contributed by atoms with Crippen molar-refractivity contribution in [2.45, 2.75) is 19.9 Å². The first kappa shape index (κ1) is 11.8. The minimum atomic E-state index is 0.357. The second-order valence-electron chi connectivity index (χ2n) is 3.46. The average molecular weight is 205 g/mol. The third kappa shape index (κ3) is 3.76. The van der Waals surface area contributed by atoms with Gasteiger partial charge in [0.1, 0.15) is 12.4 Å². The second-order valence-corrected chi connectivity index (χ2v) is 3.46. The molecule has 1 aromatic rings. The predicted octanol–water partition coefficient (Wildman–Crippen LogP) is 2.92. The summed E-state index contributed by atoms with van der Waals surface area (Å²) >= 11 is 0. The van der Waals surface area contributed by atoms with Crippen molar-refractivity contribution in [2.75, 3.05) is 13.7 Å². The number of allylic oxidation sites excluding steroid dienone is 1. The summed E-state index contributed by atoms with van der Waals surface area (Å²) in [5, 5.41) is 3.21.